The molecule has 2 aliphatic rings. The van der Waals surface area contributed by atoms with Crippen LogP contribution >= 0.6 is 31.9 Å². The maximum atomic E-state index is 15.5. The van der Waals surface area contributed by atoms with Crippen LogP contribution in [0.4, 0.5) is 20.1 Å². The fraction of sp³-hybridized carbons (Fsp3) is 0.596. The van der Waals surface area contributed by atoms with Crippen molar-refractivity contribution in [2.75, 3.05) is 190 Å². The SMILES string of the molecule is CC[C@H](C)[C@@H]1NC(=O)CNC(=O)[C@H](NC(=O)[C@@H](NC(C)=O)[C@@H](C)[C@@H](O)CO)Cc2c([nH]c3cc(OC(=O)N(C)CCN(CCOCCOCCOCCNC(=O)c4ccc5nc(CBr)c(CBr)nc5c4)C(=O)OCc4ccc(NC(=O)[C@H](CCCNC(N)=O)NC(=O)[C@@H](NC(=O)CCOCCOCCOCCOCCOC)C(C)C)cc4)ccc23)S(=O)C[C@@H](C(=O)N[C@@H](CC(N)=O)C(=O)N2CC[C@@H](O)C2)NC(=O)CNC1=O. The number of ether oxygens (including phenoxy) is 10. The number of nitrogens with two attached hydrogens (primary N) is 2. The summed E-state index contributed by atoms with van der Waals surface area (Å²) >= 11 is 6.88. The van der Waals surface area contributed by atoms with Crippen LogP contribution in [0.5, 0.6) is 5.75 Å². The number of halogens is 2. The Morgan fingerprint density at radius 1 is 0.667 bits per heavy atom. The highest BCUT2D eigenvalue weighted by Gasteiger charge is 2.40. The van der Waals surface area contributed by atoms with Gasteiger partial charge in [-0.05, 0) is 84.7 Å². The molecule has 1 unspecified atom stereocenters. The number of aromatic amines is 1. The first-order valence-corrected chi connectivity index (χ1v) is 51.6. The molecule has 0 saturated carbocycles. The molecule has 1 fully saturated rings. The summed E-state index contributed by atoms with van der Waals surface area (Å²) in [6.45, 7) is 9.03. The number of nitrogens with zero attached hydrogens (tertiary/aromatic N) is 5. The van der Waals surface area contributed by atoms with Crippen molar-refractivity contribution in [3.8, 4) is 5.75 Å². The molecule has 50 nitrogen and oxygen atoms in total. The highest BCUT2D eigenvalue weighted by molar-refractivity contribution is 9.09. The van der Waals surface area contributed by atoms with E-state index in [0.29, 0.717) is 72.5 Å². The number of anilines is 1. The van der Waals surface area contributed by atoms with Crippen molar-refractivity contribution in [2.24, 2.45) is 29.2 Å². The average molecular weight is 2220 g/mol. The molecule has 53 heteroatoms. The van der Waals surface area contributed by atoms with Crippen molar-refractivity contribution in [1.29, 1.82) is 0 Å². The Morgan fingerprint density at radius 2 is 1.29 bits per heavy atom. The Labute approximate surface area is 869 Å². The second-order valence-corrected chi connectivity index (χ2v) is 37.4. The highest BCUT2D eigenvalue weighted by atomic mass is 79.9. The summed E-state index contributed by atoms with van der Waals surface area (Å²) in [4.78, 5) is 236. The standard InChI is InChI=1S/C94H138Br2N20O30S/c1-9-56(4)81-87(129)102-49-78(123)107-74(86(128)110-71(46-76(97)121)91(132)116-24-20-62(119)51-116)54-147(136)90-65(45-70(84(126)101-50-79(124)113-81)109-89(131)82(103-58(6)118)57(5)75(120)52-117)64-18-17-63(44-68(64)111-90)146-93(134)114(7)25-26-115(27-30-140-35-38-143-37-34-139-29-23-99-83(125)60-14-19-66-69(43-60)106-73(48-96)72(47-95)105-66)94(135)145-53-59-12-15-61(16-13-59)104-85(127)67(11-10-22-100-92(98)133)108-88(130)80(55(2)3)112-77(122)21-28-138-33-36-142-41-42-144-40-39-141-32-31-137-8/h12-19,43-44,55-57,62,67,70-71,74-75,80-82,111,117,119-120H,9-11,20-42,45-54H2,1-8H3,(H2,97,121)(H,99,125)(H,101,126)(H,102,129)(H,103,118)(H,104,127)(H,107,123)(H,108,130)(H,109,131)(H,110,128)(H,112,122)(H,113,124)(H3,98,100,133)/t56-,57-,62+,67-,70+,71-,74-,75-,80-,81-,82-,147?/m0/s1. The van der Waals surface area contributed by atoms with Gasteiger partial charge in [0.1, 0.15) is 59.7 Å². The van der Waals surface area contributed by atoms with Crippen LogP contribution in [0.1, 0.15) is 113 Å². The number of H-pyrrole nitrogens is 1. The minimum absolute atomic E-state index is 0.00394. The van der Waals surface area contributed by atoms with E-state index in [1.807, 2.05) is 0 Å². The van der Waals surface area contributed by atoms with Crippen molar-refractivity contribution in [3.63, 3.8) is 0 Å². The number of likely N-dealkylation sites (N-methyl/N-ethyl adjacent to an activating group) is 1. The summed E-state index contributed by atoms with van der Waals surface area (Å²) in [6.07, 6.45) is -5.43. The summed E-state index contributed by atoms with van der Waals surface area (Å²) in [6, 6.07) is 3.51. The lowest BCUT2D eigenvalue weighted by Gasteiger charge is -2.29. The molecule has 3 aromatic carbocycles. The zero-order valence-electron chi connectivity index (χ0n) is 83.6. The quantitative estimate of drug-likeness (QED) is 0.0154. The lowest BCUT2D eigenvalue weighted by atomic mass is 9.94. The van der Waals surface area contributed by atoms with Gasteiger partial charge in [-0.2, -0.15) is 0 Å². The largest absolute Gasteiger partial charge is 0.445 e. The third kappa shape index (κ3) is 42.4. The zero-order chi connectivity index (χ0) is 108. The molecule has 7 rings (SSSR count). The summed E-state index contributed by atoms with van der Waals surface area (Å²) in [7, 11) is 0.304. The molecule has 0 bridgehead atoms. The topological polar surface area (TPSA) is 691 Å². The van der Waals surface area contributed by atoms with Gasteiger partial charge < -0.3 is 158 Å². The number of carbonyl (C=O) groups is 16. The highest BCUT2D eigenvalue weighted by Crippen LogP contribution is 2.32. The molecule has 5 aromatic rings. The van der Waals surface area contributed by atoms with Gasteiger partial charge in [-0.25, -0.2) is 24.4 Å². The lowest BCUT2D eigenvalue weighted by molar-refractivity contribution is -0.138. The molecule has 0 aliphatic carbocycles. The Balaban J connectivity index is 1.10. The van der Waals surface area contributed by atoms with E-state index in [4.69, 9.17) is 58.8 Å². The van der Waals surface area contributed by atoms with Gasteiger partial charge in [-0.1, -0.05) is 85.0 Å². The Kier molecular flexibility index (Phi) is 54.0. The first-order valence-electron chi connectivity index (χ1n) is 48.1. The number of hydrogen-bond donors (Lipinski definition) is 18. The van der Waals surface area contributed by atoms with Crippen molar-refractivity contribution in [1.82, 2.24) is 88.1 Å². The van der Waals surface area contributed by atoms with Crippen LogP contribution in [0.25, 0.3) is 21.9 Å². The summed E-state index contributed by atoms with van der Waals surface area (Å²) in [5.41, 5.74) is 14.6. The minimum Gasteiger partial charge on any atom is -0.445 e. The van der Waals surface area contributed by atoms with Gasteiger partial charge in [-0.15, -0.1) is 0 Å². The molecule has 4 heterocycles. The number of urea groups is 1. The molecule has 0 radical (unpaired) electrons. The third-order valence-electron chi connectivity index (χ3n) is 23.3. The molecule has 17 amide bonds. The molecule has 814 valence electrons. The summed E-state index contributed by atoms with van der Waals surface area (Å²) < 4.78 is 71.4. The summed E-state index contributed by atoms with van der Waals surface area (Å²) in [5.74, 6) is -14.6. The number of hydrogen-bond acceptors (Lipinski definition) is 32. The number of aliphatic hydroxyl groups is 3. The zero-order valence-corrected chi connectivity index (χ0v) is 87.6. The van der Waals surface area contributed by atoms with Gasteiger partial charge in [-0.3, -0.25) is 66.5 Å². The van der Waals surface area contributed by atoms with E-state index in [1.54, 1.807) is 65.1 Å². The van der Waals surface area contributed by atoms with E-state index >= 15 is 4.21 Å². The van der Waals surface area contributed by atoms with Crippen LogP contribution < -0.4 is 80.0 Å². The predicted molar refractivity (Wildman–Crippen MR) is 538 cm³/mol. The van der Waals surface area contributed by atoms with Crippen LogP contribution in [-0.2, 0) is 135 Å². The number of amides is 17. The van der Waals surface area contributed by atoms with Gasteiger partial charge in [0.25, 0.3) is 5.91 Å². The Bertz CT molecular complexity index is 5230. The van der Waals surface area contributed by atoms with Gasteiger partial charge in [0, 0.05) is 119 Å². The number of methoxy groups -OCH3 is 1. The minimum atomic E-state index is -2.63. The number of nitrogens with one attached hydrogen (secondary N) is 13. The molecular weight excluding hydrogens is 2080 g/mol. The van der Waals surface area contributed by atoms with Crippen LogP contribution in [-0.4, -0.2) is 383 Å². The number of likely N-dealkylation sites (tertiary alicyclic amines) is 1. The van der Waals surface area contributed by atoms with E-state index in [1.165, 1.54) is 54.1 Å². The molecular formula is C94H138Br2N20O30S. The van der Waals surface area contributed by atoms with Gasteiger partial charge in [0.05, 0.1) is 182 Å². The number of carbonyl (C=O) groups excluding carboxylic acids is 16. The first kappa shape index (κ1) is 122. The van der Waals surface area contributed by atoms with Gasteiger partial charge in [0.2, 0.25) is 70.9 Å². The number of aromatic nitrogens is 3. The summed E-state index contributed by atoms with van der Waals surface area (Å²) in [5, 5.41) is 62.6. The second kappa shape index (κ2) is 65.1. The fourth-order valence-electron chi connectivity index (χ4n) is 14.8. The van der Waals surface area contributed by atoms with Crippen LogP contribution in [0.15, 0.2) is 65.7 Å². The fourth-order valence-corrected chi connectivity index (χ4v) is 17.1. The van der Waals surface area contributed by atoms with Crippen molar-refractivity contribution < 1.29 is 144 Å². The lowest BCUT2D eigenvalue weighted by Crippen LogP contribution is -2.59. The molecule has 12 atom stereocenters. The van der Waals surface area contributed by atoms with Gasteiger partial charge >= 0.3 is 18.2 Å². The number of primary amides is 2. The van der Waals surface area contributed by atoms with Crippen molar-refractivity contribution in [3.05, 3.63) is 88.7 Å². The number of β-amino-alcohol motifs (C(OH)–C–C–N with tert-alkyl or cyclic N) is 1. The number of rotatable bonds is 59. The average Bonchev–Trinajstić information content (AvgIpc) is 1.63. The molecule has 1 saturated heterocycles. The van der Waals surface area contributed by atoms with E-state index < -0.39 is 210 Å². The normalized spacial score (nSPS) is 17.2. The maximum absolute atomic E-state index is 15.5. The van der Waals surface area contributed by atoms with Crippen molar-refractivity contribution >= 4 is 165 Å². The van der Waals surface area contributed by atoms with E-state index in [-0.39, 0.29) is 183 Å². The number of aliphatic hydroxyl groups excluding tert-OH is 3. The molecule has 0 spiro atoms. The molecule has 2 aliphatic heterocycles. The van der Waals surface area contributed by atoms with Crippen LogP contribution in [0, 0.1) is 17.8 Å². The van der Waals surface area contributed by atoms with Crippen LogP contribution in [0.2, 0.25) is 0 Å². The Morgan fingerprint density at radius 3 is 1.88 bits per heavy atom. The molecule has 147 heavy (non-hydrogen) atoms. The number of benzene rings is 3. The smallest absolute Gasteiger partial charge is 0.415 e. The maximum Gasteiger partial charge on any atom is 0.415 e. The monoisotopic (exact) mass is 2220 g/mol. The van der Waals surface area contributed by atoms with Gasteiger partial charge in [0.15, 0.2) is 0 Å². The second-order valence-electron chi connectivity index (χ2n) is 34.8. The molecule has 2 aromatic heterocycles. The third-order valence-corrected chi connectivity index (χ3v) is 25.8. The van der Waals surface area contributed by atoms with Crippen LogP contribution in [0.3, 0.4) is 0 Å². The van der Waals surface area contributed by atoms with Crippen molar-refractivity contribution in [2.45, 2.75) is 163 Å². The Hall–Kier alpha value is -11.9. The predicted octanol–water partition coefficient (Wildman–Crippen LogP) is -1.59. The number of fused-ring (bicyclic) bond motifs is 4. The number of alkyl halides is 2. The van der Waals surface area contributed by atoms with E-state index in [9.17, 15) is 92.0 Å². The van der Waals surface area contributed by atoms with E-state index in [0.717, 1.165) is 23.2 Å². The molecule has 20 N–H and O–H groups in total. The van der Waals surface area contributed by atoms with E-state index in [2.05, 4.69) is 111 Å². The first-order chi connectivity index (χ1) is 70.3.